The van der Waals surface area contributed by atoms with Crippen molar-refractivity contribution in [2.45, 2.75) is 19.2 Å². The van der Waals surface area contributed by atoms with Gasteiger partial charge in [-0.1, -0.05) is 0 Å². The van der Waals surface area contributed by atoms with Crippen molar-refractivity contribution < 1.29 is 17.9 Å². The molecule has 0 saturated carbocycles. The van der Waals surface area contributed by atoms with Gasteiger partial charge in [0.05, 0.1) is 5.69 Å². The summed E-state index contributed by atoms with van der Waals surface area (Å²) in [6.45, 7) is 1.88. The van der Waals surface area contributed by atoms with E-state index in [-0.39, 0.29) is 5.75 Å². The summed E-state index contributed by atoms with van der Waals surface area (Å²) in [5, 5.41) is 0. The van der Waals surface area contributed by atoms with Gasteiger partial charge in [0, 0.05) is 21.1 Å². The van der Waals surface area contributed by atoms with Gasteiger partial charge in [-0.25, -0.2) is 0 Å². The van der Waals surface area contributed by atoms with Crippen LogP contribution < -0.4 is 9.64 Å². The monoisotopic (exact) mass is 435 g/mol. The van der Waals surface area contributed by atoms with Crippen molar-refractivity contribution in [1.82, 2.24) is 0 Å². The van der Waals surface area contributed by atoms with Crippen LogP contribution in [0.3, 0.4) is 0 Å². The van der Waals surface area contributed by atoms with Gasteiger partial charge in [0.2, 0.25) is 0 Å². The average molecular weight is 436 g/mol. The summed E-state index contributed by atoms with van der Waals surface area (Å²) in [5.41, 5.74) is 0.947. The van der Waals surface area contributed by atoms with Crippen LogP contribution in [0.5, 0.6) is 5.75 Å². The Hall–Kier alpha value is -0.180. The minimum Gasteiger partial charge on any atom is -0.406 e. The third-order valence-corrected chi connectivity index (χ3v) is 4.07. The lowest BCUT2D eigenvalue weighted by Gasteiger charge is -2.22. The van der Waals surface area contributed by atoms with Gasteiger partial charge in [0.1, 0.15) is 5.75 Å². The van der Waals surface area contributed by atoms with Gasteiger partial charge >= 0.3 is 6.36 Å². The standard InChI is InChI=1S/C11H10BrF3INO/c12-8-5-7(18-11(13,14)15)6-9(16)10(8)17-3-1-2-4-17/h5-6H,1-4H2. The topological polar surface area (TPSA) is 12.5 Å². The van der Waals surface area contributed by atoms with Crippen LogP contribution in [0.25, 0.3) is 0 Å². The first-order valence-electron chi connectivity index (χ1n) is 5.36. The number of benzene rings is 1. The van der Waals surface area contributed by atoms with Gasteiger partial charge in [-0.05, 0) is 63.5 Å². The first kappa shape index (κ1) is 14.2. The normalized spacial score (nSPS) is 16.2. The maximum atomic E-state index is 12.2. The molecule has 1 aliphatic heterocycles. The molecule has 1 fully saturated rings. The third-order valence-electron chi connectivity index (χ3n) is 2.65. The second kappa shape index (κ2) is 5.44. The Balaban J connectivity index is 2.29. The predicted molar refractivity (Wildman–Crippen MR) is 75.0 cm³/mol. The second-order valence-electron chi connectivity index (χ2n) is 3.98. The minimum absolute atomic E-state index is 0.193. The van der Waals surface area contributed by atoms with Crippen LogP contribution >= 0.6 is 38.5 Å². The van der Waals surface area contributed by atoms with Crippen LogP contribution in [0, 0.1) is 3.57 Å². The highest BCUT2D eigenvalue weighted by molar-refractivity contribution is 14.1. The van der Waals surface area contributed by atoms with Crippen LogP contribution in [-0.2, 0) is 0 Å². The smallest absolute Gasteiger partial charge is 0.406 e. The number of ether oxygens (including phenoxy) is 1. The van der Waals surface area contributed by atoms with E-state index in [0.717, 1.165) is 35.2 Å². The van der Waals surface area contributed by atoms with Crippen molar-refractivity contribution in [3.63, 3.8) is 0 Å². The SMILES string of the molecule is FC(F)(F)Oc1cc(Br)c(N2CCCC2)c(I)c1. The Bertz CT molecular complexity index is 423. The number of hydrogen-bond acceptors (Lipinski definition) is 2. The molecular weight excluding hydrogens is 426 g/mol. The molecule has 0 aliphatic carbocycles. The summed E-state index contributed by atoms with van der Waals surface area (Å²) in [5.74, 6) is -0.193. The lowest BCUT2D eigenvalue weighted by atomic mass is 10.3. The predicted octanol–water partition coefficient (Wildman–Crippen LogP) is 4.55. The molecule has 1 heterocycles. The van der Waals surface area contributed by atoms with Crippen molar-refractivity contribution >= 4 is 44.2 Å². The Morgan fingerprint density at radius 3 is 2.33 bits per heavy atom. The average Bonchev–Trinajstić information content (AvgIpc) is 2.66. The molecule has 100 valence electrons. The number of hydrogen-bond donors (Lipinski definition) is 0. The largest absolute Gasteiger partial charge is 0.573 e. The van der Waals surface area contributed by atoms with Gasteiger partial charge in [0.25, 0.3) is 0 Å². The molecule has 2 nitrogen and oxygen atoms in total. The summed E-state index contributed by atoms with van der Waals surface area (Å²) in [6, 6.07) is 2.77. The van der Waals surface area contributed by atoms with E-state index in [4.69, 9.17) is 0 Å². The van der Waals surface area contributed by atoms with E-state index in [1.165, 1.54) is 12.1 Å². The molecule has 1 aliphatic rings. The summed E-state index contributed by atoms with van der Waals surface area (Å²) in [6.07, 6.45) is -2.43. The summed E-state index contributed by atoms with van der Waals surface area (Å²) >= 11 is 5.36. The minimum atomic E-state index is -4.66. The number of halogens is 5. The quantitative estimate of drug-likeness (QED) is 0.632. The number of rotatable bonds is 2. The number of nitrogens with zero attached hydrogens (tertiary/aromatic N) is 1. The van der Waals surface area contributed by atoms with E-state index >= 15 is 0 Å². The first-order valence-corrected chi connectivity index (χ1v) is 7.24. The fraction of sp³-hybridized carbons (Fsp3) is 0.455. The molecule has 0 unspecified atom stereocenters. The molecule has 0 atom stereocenters. The Morgan fingerprint density at radius 1 is 1.22 bits per heavy atom. The van der Waals surface area contributed by atoms with Crippen molar-refractivity contribution in [2.75, 3.05) is 18.0 Å². The Kier molecular flexibility index (Phi) is 4.30. The van der Waals surface area contributed by atoms with E-state index in [1.807, 2.05) is 22.6 Å². The van der Waals surface area contributed by atoms with Crippen molar-refractivity contribution in [2.24, 2.45) is 0 Å². The summed E-state index contributed by atoms with van der Waals surface area (Å²) in [4.78, 5) is 2.17. The Morgan fingerprint density at radius 2 is 1.83 bits per heavy atom. The zero-order valence-corrected chi connectivity index (χ0v) is 13.0. The number of alkyl halides is 3. The van der Waals surface area contributed by atoms with E-state index < -0.39 is 6.36 Å². The molecule has 1 aromatic carbocycles. The molecule has 0 amide bonds. The highest BCUT2D eigenvalue weighted by atomic mass is 127. The lowest BCUT2D eigenvalue weighted by molar-refractivity contribution is -0.274. The summed E-state index contributed by atoms with van der Waals surface area (Å²) in [7, 11) is 0. The molecule has 0 spiro atoms. The molecule has 7 heteroatoms. The van der Waals surface area contributed by atoms with Gasteiger partial charge < -0.3 is 9.64 Å². The molecule has 0 N–H and O–H groups in total. The van der Waals surface area contributed by atoms with Crippen molar-refractivity contribution in [1.29, 1.82) is 0 Å². The zero-order chi connectivity index (χ0) is 13.3. The van der Waals surface area contributed by atoms with E-state index in [9.17, 15) is 13.2 Å². The van der Waals surface area contributed by atoms with Gasteiger partial charge in [-0.2, -0.15) is 0 Å². The van der Waals surface area contributed by atoms with E-state index in [0.29, 0.717) is 4.47 Å². The van der Waals surface area contributed by atoms with E-state index in [1.54, 1.807) is 0 Å². The molecule has 1 saturated heterocycles. The van der Waals surface area contributed by atoms with Gasteiger partial charge in [-0.3, -0.25) is 0 Å². The van der Waals surface area contributed by atoms with Crippen LogP contribution in [0.15, 0.2) is 16.6 Å². The van der Waals surface area contributed by atoms with Crippen LogP contribution in [0.2, 0.25) is 0 Å². The van der Waals surface area contributed by atoms with Crippen LogP contribution in [0.1, 0.15) is 12.8 Å². The molecule has 0 bridgehead atoms. The van der Waals surface area contributed by atoms with Crippen molar-refractivity contribution in [3.05, 3.63) is 20.2 Å². The van der Waals surface area contributed by atoms with Crippen LogP contribution in [0.4, 0.5) is 18.9 Å². The molecule has 1 aromatic rings. The highest BCUT2D eigenvalue weighted by Crippen LogP contribution is 2.38. The fourth-order valence-corrected chi connectivity index (χ4v) is 3.98. The molecule has 2 rings (SSSR count). The maximum absolute atomic E-state index is 12.2. The second-order valence-corrected chi connectivity index (χ2v) is 5.99. The fourth-order valence-electron chi connectivity index (χ4n) is 1.98. The maximum Gasteiger partial charge on any atom is 0.573 e. The van der Waals surface area contributed by atoms with Gasteiger partial charge in [-0.15, -0.1) is 13.2 Å². The number of anilines is 1. The van der Waals surface area contributed by atoms with Crippen molar-refractivity contribution in [3.8, 4) is 5.75 Å². The Labute approximate surface area is 125 Å². The first-order chi connectivity index (χ1) is 8.37. The highest BCUT2D eigenvalue weighted by Gasteiger charge is 2.32. The lowest BCUT2D eigenvalue weighted by Crippen LogP contribution is -2.20. The zero-order valence-electron chi connectivity index (χ0n) is 9.23. The molecule has 0 radical (unpaired) electrons. The third kappa shape index (κ3) is 3.43. The summed E-state index contributed by atoms with van der Waals surface area (Å²) < 4.78 is 41.8. The molecule has 18 heavy (non-hydrogen) atoms. The van der Waals surface area contributed by atoms with E-state index in [2.05, 4.69) is 25.6 Å². The van der Waals surface area contributed by atoms with Crippen LogP contribution in [-0.4, -0.2) is 19.5 Å². The van der Waals surface area contributed by atoms with Gasteiger partial charge in [0.15, 0.2) is 0 Å². The molecule has 0 aromatic heterocycles. The molecular formula is C11H10BrF3INO.